The number of ether oxygens (including phenoxy) is 1. The van der Waals surface area contributed by atoms with E-state index in [0.29, 0.717) is 19.2 Å². The summed E-state index contributed by atoms with van der Waals surface area (Å²) < 4.78 is 48.2. The normalized spacial score (nSPS) is 27.6. The lowest BCUT2D eigenvalue weighted by Crippen LogP contribution is -2.65. The van der Waals surface area contributed by atoms with Crippen molar-refractivity contribution in [3.8, 4) is 5.75 Å². The number of nitrogens with one attached hydrogen (secondary N) is 1. The molecule has 1 aromatic rings. The van der Waals surface area contributed by atoms with Gasteiger partial charge in [0.1, 0.15) is 22.8 Å². The van der Waals surface area contributed by atoms with E-state index >= 15 is 0 Å². The van der Waals surface area contributed by atoms with Gasteiger partial charge in [0.25, 0.3) is 5.91 Å². The van der Waals surface area contributed by atoms with Crippen LogP contribution in [0.15, 0.2) is 23.0 Å². The molecule has 13 nitrogen and oxygen atoms in total. The molecule has 0 radical (unpaired) electrons. The molecule has 4 atom stereocenters. The van der Waals surface area contributed by atoms with E-state index < -0.39 is 110 Å². The van der Waals surface area contributed by atoms with Gasteiger partial charge >= 0.3 is 6.18 Å². The number of methoxy groups -OCH3 is 1. The number of anilines is 1. The van der Waals surface area contributed by atoms with Gasteiger partial charge in [-0.2, -0.15) is 13.2 Å². The van der Waals surface area contributed by atoms with Crippen molar-refractivity contribution in [3.63, 3.8) is 0 Å². The lowest BCUT2D eigenvalue weighted by molar-refractivity contribution is -0.153. The van der Waals surface area contributed by atoms with Crippen molar-refractivity contribution in [3.05, 3.63) is 39.7 Å². The Hall–Kier alpha value is -3.99. The molecule has 16 heteroatoms. The van der Waals surface area contributed by atoms with Gasteiger partial charge in [-0.3, -0.25) is 29.0 Å². The highest BCUT2D eigenvalue weighted by atomic mass is 19.4. The van der Waals surface area contributed by atoms with Crippen LogP contribution in [0.3, 0.4) is 0 Å². The maximum Gasteiger partial charge on any atom is 0.416 e. The molecule has 5 rings (SSSR count). The van der Waals surface area contributed by atoms with Gasteiger partial charge in [0, 0.05) is 31.7 Å². The number of nitrogens with two attached hydrogens (primary N) is 1. The van der Waals surface area contributed by atoms with Crippen molar-refractivity contribution in [1.82, 2.24) is 9.80 Å². The summed E-state index contributed by atoms with van der Waals surface area (Å²) in [5.41, 5.74) is -2.60. The summed E-state index contributed by atoms with van der Waals surface area (Å²) in [5, 5.41) is 47.2. The molecule has 0 aromatic heterocycles. The Kier molecular flexibility index (Phi) is 7.55. The first kappa shape index (κ1) is 31.4. The molecule has 1 aromatic carbocycles. The number of ketones is 2. The number of amides is 2. The van der Waals surface area contributed by atoms with E-state index in [4.69, 9.17) is 10.5 Å². The number of nitrogens with zero attached hydrogens (tertiary/aromatic N) is 2. The van der Waals surface area contributed by atoms with Crippen LogP contribution in [0.4, 0.5) is 18.9 Å². The number of likely N-dealkylation sites (tertiary alicyclic amines) is 1. The van der Waals surface area contributed by atoms with Crippen LogP contribution >= 0.6 is 0 Å². The number of aliphatic hydroxyl groups excluding tert-OH is 2. The van der Waals surface area contributed by atoms with Gasteiger partial charge < -0.3 is 36.2 Å². The van der Waals surface area contributed by atoms with Gasteiger partial charge in [-0.15, -0.1) is 0 Å². The van der Waals surface area contributed by atoms with Gasteiger partial charge in [-0.05, 0) is 44.5 Å². The molecule has 2 amide bonds. The van der Waals surface area contributed by atoms with Gasteiger partial charge in [0.2, 0.25) is 11.7 Å². The smallest absolute Gasteiger partial charge is 0.416 e. The number of hydrogen-bond donors (Lipinski definition) is 6. The Labute approximate surface area is 248 Å². The minimum absolute atomic E-state index is 0.0978. The zero-order valence-corrected chi connectivity index (χ0v) is 23.9. The summed E-state index contributed by atoms with van der Waals surface area (Å²) in [6.07, 6.45) is -6.06. The van der Waals surface area contributed by atoms with Crippen molar-refractivity contribution >= 4 is 34.8 Å². The molecule has 0 bridgehead atoms. The van der Waals surface area contributed by atoms with E-state index in [0.717, 1.165) is 0 Å². The fourth-order valence-corrected chi connectivity index (χ4v) is 6.85. The number of carbonyl (C=O) groups excluding carboxylic acids is 4. The number of likely N-dealkylation sites (N-methyl/N-ethyl adjacent to an activating group) is 1. The van der Waals surface area contributed by atoms with E-state index in [9.17, 15) is 52.8 Å². The molecule has 4 aliphatic rings. The highest BCUT2D eigenvalue weighted by molar-refractivity contribution is 6.24. The van der Waals surface area contributed by atoms with E-state index in [1.807, 2.05) is 0 Å². The second-order valence-corrected chi connectivity index (χ2v) is 11.7. The number of primary amides is 1. The lowest BCUT2D eigenvalue weighted by Gasteiger charge is -2.50. The first-order valence-electron chi connectivity index (χ1n) is 13.6. The molecule has 1 saturated carbocycles. The van der Waals surface area contributed by atoms with Crippen LogP contribution in [0, 0.1) is 11.8 Å². The molecule has 1 heterocycles. The molecular weight excluding hydrogens is 593 g/mol. The number of alkyl halides is 3. The number of phenolic OH excluding ortho intramolecular Hbond substituents is 1. The van der Waals surface area contributed by atoms with E-state index in [1.165, 1.54) is 26.1 Å². The van der Waals surface area contributed by atoms with E-state index in [2.05, 4.69) is 5.32 Å². The SMILES string of the molecule is COC1CN(CC(=O)Nc2cc(C(F)(F)F)c3c(c2O)C(O)=C2C(=O)[C@]4(O)C(O)=C(C(N)=O)C(=O)[C@@H](N(C)C)[C@@H]4C[C@@H]2C3)C1. The third kappa shape index (κ3) is 4.63. The third-order valence-corrected chi connectivity index (χ3v) is 8.92. The third-order valence-electron chi connectivity index (χ3n) is 8.92. The second-order valence-electron chi connectivity index (χ2n) is 11.7. The van der Waals surface area contributed by atoms with Gasteiger partial charge in [0.15, 0.2) is 11.4 Å². The van der Waals surface area contributed by atoms with Crippen LogP contribution < -0.4 is 11.1 Å². The summed E-state index contributed by atoms with van der Waals surface area (Å²) >= 11 is 0. The van der Waals surface area contributed by atoms with Crippen molar-refractivity contribution in [2.75, 3.05) is 46.2 Å². The second kappa shape index (κ2) is 10.6. The largest absolute Gasteiger partial charge is 0.508 e. The van der Waals surface area contributed by atoms with E-state index in [1.54, 1.807) is 4.90 Å². The summed E-state index contributed by atoms with van der Waals surface area (Å²) in [6.45, 7) is 0.597. The first-order valence-corrected chi connectivity index (χ1v) is 13.6. The summed E-state index contributed by atoms with van der Waals surface area (Å²) in [5.74, 6) is -10.6. The number of halogens is 3. The molecule has 2 fully saturated rings. The maximum atomic E-state index is 14.4. The Morgan fingerprint density at radius 2 is 1.84 bits per heavy atom. The number of aliphatic hydroxyl groups is 3. The zero-order valence-electron chi connectivity index (χ0n) is 23.9. The number of aromatic hydroxyl groups is 1. The number of Topliss-reactive ketones (excluding diaryl/α,β-unsaturated/α-hetero) is 2. The molecule has 0 spiro atoms. The summed E-state index contributed by atoms with van der Waals surface area (Å²) in [6, 6.07) is -0.842. The Bertz CT molecular complexity index is 1550. The number of benzene rings is 1. The predicted molar refractivity (Wildman–Crippen MR) is 145 cm³/mol. The molecular formula is C28H31F3N4O9. The fourth-order valence-electron chi connectivity index (χ4n) is 6.85. The topological polar surface area (TPSA) is 203 Å². The molecule has 238 valence electrons. The molecule has 7 N–H and O–H groups in total. The molecule has 0 unspecified atom stereocenters. The predicted octanol–water partition coefficient (Wildman–Crippen LogP) is 0.252. The van der Waals surface area contributed by atoms with Crippen molar-refractivity contribution in [2.45, 2.75) is 36.8 Å². The molecule has 3 aliphatic carbocycles. The minimum atomic E-state index is -5.03. The molecule has 1 saturated heterocycles. The number of fused-ring (bicyclic) bond motifs is 3. The van der Waals surface area contributed by atoms with Crippen LogP contribution in [0.25, 0.3) is 5.76 Å². The average Bonchev–Trinajstić information content (AvgIpc) is 2.88. The Morgan fingerprint density at radius 3 is 2.39 bits per heavy atom. The number of hydrogen-bond acceptors (Lipinski definition) is 11. The van der Waals surface area contributed by atoms with Gasteiger partial charge in [-0.25, -0.2) is 0 Å². The lowest BCUT2D eigenvalue weighted by atomic mass is 9.57. The van der Waals surface area contributed by atoms with Crippen molar-refractivity contribution < 1.29 is 57.5 Å². The standard InChI is InChI=1S/C28H31F3N4O9/c1-34(2)20-14-5-10-4-12-13(28(29,30)31)6-15(33-16(36)9-35-7-11(8-35)44-3)21(37)18(12)22(38)17(10)24(40)27(14,43)25(41)19(23(20)39)26(32)42/h6,10-11,14,20,37-38,41,43H,4-5,7-9H2,1-3H3,(H2,32,42)(H,33,36)/t10-,14-,20-,27-/m0/s1. The Morgan fingerprint density at radius 1 is 1.20 bits per heavy atom. The summed E-state index contributed by atoms with van der Waals surface area (Å²) in [7, 11) is 4.30. The van der Waals surface area contributed by atoms with Crippen LogP contribution in [-0.4, -0.2) is 112 Å². The number of rotatable bonds is 6. The quantitative estimate of drug-likeness (QED) is 0.187. The maximum absolute atomic E-state index is 14.4. The monoisotopic (exact) mass is 624 g/mol. The number of phenols is 1. The number of carbonyl (C=O) groups is 4. The van der Waals surface area contributed by atoms with Gasteiger partial charge in [0.05, 0.1) is 35.5 Å². The zero-order chi connectivity index (χ0) is 32.6. The Balaban J connectivity index is 1.63. The molecule has 44 heavy (non-hydrogen) atoms. The van der Waals surface area contributed by atoms with Crippen molar-refractivity contribution in [1.29, 1.82) is 0 Å². The van der Waals surface area contributed by atoms with Crippen LogP contribution in [0.5, 0.6) is 5.75 Å². The van der Waals surface area contributed by atoms with Crippen LogP contribution in [-0.2, 0) is 36.5 Å². The van der Waals surface area contributed by atoms with Crippen molar-refractivity contribution in [2.24, 2.45) is 17.6 Å². The highest BCUT2D eigenvalue weighted by Gasteiger charge is 2.64. The van der Waals surface area contributed by atoms with Crippen LogP contribution in [0.2, 0.25) is 0 Å². The fraction of sp³-hybridized carbons (Fsp3) is 0.500. The van der Waals surface area contributed by atoms with Gasteiger partial charge in [-0.1, -0.05) is 0 Å². The minimum Gasteiger partial charge on any atom is -0.508 e. The highest BCUT2D eigenvalue weighted by Crippen LogP contribution is 2.55. The van der Waals surface area contributed by atoms with E-state index in [-0.39, 0.29) is 19.1 Å². The molecule has 1 aliphatic heterocycles. The average molecular weight is 625 g/mol. The first-order chi connectivity index (χ1) is 20.4. The summed E-state index contributed by atoms with van der Waals surface area (Å²) in [4.78, 5) is 54.7. The van der Waals surface area contributed by atoms with Crippen LogP contribution in [0.1, 0.15) is 23.1 Å².